The van der Waals surface area contributed by atoms with Crippen LogP contribution in [0.4, 0.5) is 4.39 Å². The van der Waals surface area contributed by atoms with Gasteiger partial charge >= 0.3 is 0 Å². The first-order valence-corrected chi connectivity index (χ1v) is 12.3. The molecule has 1 fully saturated rings. The number of hydrogen-bond donors (Lipinski definition) is 2. The highest BCUT2D eigenvalue weighted by Crippen LogP contribution is 2.16. The van der Waals surface area contributed by atoms with Gasteiger partial charge in [0, 0.05) is 6.04 Å². The van der Waals surface area contributed by atoms with Gasteiger partial charge in [0.2, 0.25) is 15.9 Å². The van der Waals surface area contributed by atoms with Crippen molar-refractivity contribution in [3.63, 3.8) is 0 Å². The third-order valence-electron chi connectivity index (χ3n) is 4.60. The first-order valence-electron chi connectivity index (χ1n) is 8.98. The molecular formula is C19H21FN2O5S2. The summed E-state index contributed by atoms with van der Waals surface area (Å²) in [6.07, 6.45) is 0.298. The Labute approximate surface area is 169 Å². The van der Waals surface area contributed by atoms with Crippen LogP contribution in [0.25, 0.3) is 0 Å². The number of carbonyl (C=O) groups excluding carboxylic acids is 1. The molecule has 0 unspecified atom stereocenters. The molecule has 0 aliphatic carbocycles. The average molecular weight is 441 g/mol. The summed E-state index contributed by atoms with van der Waals surface area (Å²) < 4.78 is 64.9. The molecule has 1 aliphatic rings. The van der Waals surface area contributed by atoms with Crippen LogP contribution in [0.15, 0.2) is 59.5 Å². The first kappa shape index (κ1) is 21.4. The summed E-state index contributed by atoms with van der Waals surface area (Å²) in [6, 6.07) is 11.8. The van der Waals surface area contributed by atoms with Crippen molar-refractivity contribution < 1.29 is 26.0 Å². The number of amides is 1. The van der Waals surface area contributed by atoms with Crippen LogP contribution in [-0.2, 0) is 31.1 Å². The summed E-state index contributed by atoms with van der Waals surface area (Å²) in [5.41, 5.74) is 0.697. The third kappa shape index (κ3) is 5.62. The molecule has 10 heteroatoms. The predicted octanol–water partition coefficient (Wildman–Crippen LogP) is 1.02. The van der Waals surface area contributed by atoms with E-state index in [-0.39, 0.29) is 24.3 Å². The van der Waals surface area contributed by atoms with Crippen LogP contribution in [0, 0.1) is 5.82 Å². The Hall–Kier alpha value is -2.30. The fraction of sp³-hybridized carbons (Fsp3) is 0.316. The lowest BCUT2D eigenvalue weighted by atomic mass is 10.1. The first-order chi connectivity index (χ1) is 13.7. The zero-order chi connectivity index (χ0) is 21.1. The maximum atomic E-state index is 14.0. The van der Waals surface area contributed by atoms with Gasteiger partial charge in [0.05, 0.1) is 11.5 Å². The molecule has 1 saturated heterocycles. The van der Waals surface area contributed by atoms with Gasteiger partial charge in [-0.05, 0) is 30.5 Å². The summed E-state index contributed by atoms with van der Waals surface area (Å²) in [5.74, 6) is -1.80. The van der Waals surface area contributed by atoms with Crippen LogP contribution in [-0.4, -0.2) is 46.3 Å². The summed E-state index contributed by atoms with van der Waals surface area (Å²) in [5, 5.41) is 2.60. The van der Waals surface area contributed by atoms with E-state index in [1.54, 1.807) is 30.3 Å². The number of sulfone groups is 1. The van der Waals surface area contributed by atoms with E-state index < -0.39 is 48.6 Å². The molecule has 156 valence electrons. The minimum atomic E-state index is -4.32. The molecule has 1 aliphatic heterocycles. The molecule has 2 aromatic rings. The topological polar surface area (TPSA) is 109 Å². The zero-order valence-electron chi connectivity index (χ0n) is 15.4. The van der Waals surface area contributed by atoms with E-state index >= 15 is 0 Å². The second-order valence-corrected chi connectivity index (χ2v) is 10.8. The molecule has 2 atom stereocenters. The quantitative estimate of drug-likeness (QED) is 0.668. The number of halogens is 1. The molecule has 0 aromatic heterocycles. The van der Waals surface area contributed by atoms with Crippen molar-refractivity contribution >= 4 is 25.8 Å². The van der Waals surface area contributed by atoms with Crippen LogP contribution in [0.3, 0.4) is 0 Å². The van der Waals surface area contributed by atoms with Crippen LogP contribution in [0.5, 0.6) is 0 Å². The van der Waals surface area contributed by atoms with Crippen LogP contribution in [0.1, 0.15) is 12.0 Å². The van der Waals surface area contributed by atoms with Crippen molar-refractivity contribution in [3.05, 3.63) is 66.0 Å². The van der Waals surface area contributed by atoms with Gasteiger partial charge in [-0.2, -0.15) is 4.72 Å². The molecule has 2 aromatic carbocycles. The standard InChI is InChI=1S/C19H21FN2O5S2/c20-16-8-4-5-9-18(16)29(26,27)22-17(12-14-6-2-1-3-7-14)19(23)21-15-10-11-28(24,25)13-15/h1-9,15,17,22H,10-13H2,(H,21,23)/t15-,17-/m0/s1. The highest BCUT2D eigenvalue weighted by Gasteiger charge is 2.33. The summed E-state index contributed by atoms with van der Waals surface area (Å²) in [4.78, 5) is 12.2. The molecule has 7 nitrogen and oxygen atoms in total. The number of carbonyl (C=O) groups is 1. The summed E-state index contributed by atoms with van der Waals surface area (Å²) >= 11 is 0. The van der Waals surface area contributed by atoms with Gasteiger partial charge in [-0.15, -0.1) is 0 Å². The van der Waals surface area contributed by atoms with Gasteiger partial charge in [0.25, 0.3) is 0 Å². The second-order valence-electron chi connectivity index (χ2n) is 6.90. The Morgan fingerprint density at radius 1 is 1.10 bits per heavy atom. The Morgan fingerprint density at radius 2 is 1.76 bits per heavy atom. The average Bonchev–Trinajstić information content (AvgIpc) is 3.00. The molecular weight excluding hydrogens is 419 g/mol. The van der Waals surface area contributed by atoms with Gasteiger partial charge in [0.15, 0.2) is 9.84 Å². The number of rotatable bonds is 7. The molecule has 0 spiro atoms. The molecule has 3 rings (SSSR count). The Balaban J connectivity index is 1.83. The maximum Gasteiger partial charge on any atom is 0.244 e. The monoisotopic (exact) mass is 440 g/mol. The summed E-state index contributed by atoms with van der Waals surface area (Å²) in [6.45, 7) is 0. The van der Waals surface area contributed by atoms with Gasteiger partial charge in [-0.1, -0.05) is 42.5 Å². The zero-order valence-corrected chi connectivity index (χ0v) is 17.0. The van der Waals surface area contributed by atoms with E-state index in [0.29, 0.717) is 5.56 Å². The van der Waals surface area contributed by atoms with E-state index in [1.165, 1.54) is 12.1 Å². The SMILES string of the molecule is O=C(N[C@H]1CCS(=O)(=O)C1)[C@H](Cc1ccccc1)NS(=O)(=O)c1ccccc1F. The van der Waals surface area contributed by atoms with Crippen molar-refractivity contribution in [1.82, 2.24) is 10.0 Å². The number of benzene rings is 2. The normalized spacial score (nSPS) is 19.6. The maximum absolute atomic E-state index is 14.0. The predicted molar refractivity (Wildman–Crippen MR) is 106 cm³/mol. The van der Waals surface area contributed by atoms with Crippen LogP contribution >= 0.6 is 0 Å². The molecule has 1 heterocycles. The van der Waals surface area contributed by atoms with Crippen LogP contribution in [0.2, 0.25) is 0 Å². The molecule has 2 N–H and O–H groups in total. The highest BCUT2D eigenvalue weighted by molar-refractivity contribution is 7.91. The van der Waals surface area contributed by atoms with Gasteiger partial charge in [-0.3, -0.25) is 4.79 Å². The van der Waals surface area contributed by atoms with E-state index in [2.05, 4.69) is 10.0 Å². The van der Waals surface area contributed by atoms with Crippen LogP contribution < -0.4 is 10.0 Å². The van der Waals surface area contributed by atoms with E-state index in [9.17, 15) is 26.0 Å². The Bertz CT molecular complexity index is 1090. The fourth-order valence-corrected chi connectivity index (χ4v) is 6.11. The van der Waals surface area contributed by atoms with Crippen molar-refractivity contribution in [2.45, 2.75) is 29.8 Å². The lowest BCUT2D eigenvalue weighted by Gasteiger charge is -2.21. The number of nitrogens with one attached hydrogen (secondary N) is 2. The van der Waals surface area contributed by atoms with Gasteiger partial charge in [0.1, 0.15) is 16.8 Å². The lowest BCUT2D eigenvalue weighted by molar-refractivity contribution is -0.123. The van der Waals surface area contributed by atoms with Crippen molar-refractivity contribution in [2.24, 2.45) is 0 Å². The van der Waals surface area contributed by atoms with E-state index in [1.807, 2.05) is 0 Å². The Kier molecular flexibility index (Phi) is 6.35. The highest BCUT2D eigenvalue weighted by atomic mass is 32.2. The number of hydrogen-bond acceptors (Lipinski definition) is 5. The van der Waals surface area contributed by atoms with Crippen molar-refractivity contribution in [3.8, 4) is 0 Å². The minimum absolute atomic E-state index is 0.0255. The Morgan fingerprint density at radius 3 is 2.38 bits per heavy atom. The number of sulfonamides is 1. The molecule has 0 bridgehead atoms. The molecule has 0 saturated carbocycles. The molecule has 0 radical (unpaired) electrons. The van der Waals surface area contributed by atoms with E-state index in [4.69, 9.17) is 0 Å². The largest absolute Gasteiger partial charge is 0.351 e. The minimum Gasteiger partial charge on any atom is -0.351 e. The van der Waals surface area contributed by atoms with Crippen molar-refractivity contribution in [1.29, 1.82) is 0 Å². The van der Waals surface area contributed by atoms with Crippen molar-refractivity contribution in [2.75, 3.05) is 11.5 Å². The second kappa shape index (κ2) is 8.60. The van der Waals surface area contributed by atoms with Gasteiger partial charge in [-0.25, -0.2) is 21.2 Å². The molecule has 29 heavy (non-hydrogen) atoms. The summed E-state index contributed by atoms with van der Waals surface area (Å²) in [7, 11) is -7.53. The fourth-order valence-electron chi connectivity index (χ4n) is 3.16. The van der Waals surface area contributed by atoms with Gasteiger partial charge < -0.3 is 5.32 Å². The smallest absolute Gasteiger partial charge is 0.244 e. The third-order valence-corrected chi connectivity index (χ3v) is 7.87. The van der Waals surface area contributed by atoms with E-state index in [0.717, 1.165) is 12.1 Å². The molecule has 1 amide bonds. The lowest BCUT2D eigenvalue weighted by Crippen LogP contribution is -2.51.